The maximum Gasteiger partial charge on any atom is 0.416 e. The van der Waals surface area contributed by atoms with Crippen LogP contribution in [0.2, 0.25) is 0 Å². The summed E-state index contributed by atoms with van der Waals surface area (Å²) in [7, 11) is 0. The molecule has 1 heterocycles. The Morgan fingerprint density at radius 1 is 0.914 bits per heavy atom. The van der Waals surface area contributed by atoms with Gasteiger partial charge in [-0.25, -0.2) is 8.78 Å². The van der Waals surface area contributed by atoms with E-state index in [4.69, 9.17) is 4.74 Å². The van der Waals surface area contributed by atoms with Crippen LogP contribution in [-0.4, -0.2) is 15.7 Å². The first-order valence-corrected chi connectivity index (χ1v) is 10.3. The first kappa shape index (κ1) is 23.9. The Morgan fingerprint density at radius 2 is 1.54 bits per heavy atom. The Labute approximate surface area is 196 Å². The van der Waals surface area contributed by atoms with Crippen LogP contribution in [0.1, 0.15) is 27.0 Å². The van der Waals surface area contributed by atoms with Crippen molar-refractivity contribution in [3.8, 4) is 5.88 Å². The third-order valence-corrected chi connectivity index (χ3v) is 4.94. The van der Waals surface area contributed by atoms with E-state index in [0.29, 0.717) is 11.1 Å². The Bertz CT molecular complexity index is 1330. The monoisotopic (exact) mass is 487 g/mol. The maximum atomic E-state index is 13.5. The van der Waals surface area contributed by atoms with Crippen LogP contribution in [-0.2, 0) is 19.3 Å². The number of nitrogens with zero attached hydrogens (tertiary/aromatic N) is 2. The van der Waals surface area contributed by atoms with Crippen LogP contribution in [0.5, 0.6) is 5.88 Å². The van der Waals surface area contributed by atoms with Gasteiger partial charge in [-0.3, -0.25) is 9.48 Å². The predicted molar refractivity (Wildman–Crippen MR) is 118 cm³/mol. The fourth-order valence-corrected chi connectivity index (χ4v) is 3.29. The Balaban J connectivity index is 1.57. The maximum absolute atomic E-state index is 13.5. The van der Waals surface area contributed by atoms with E-state index in [-0.39, 0.29) is 30.3 Å². The molecule has 0 unspecified atom stereocenters. The van der Waals surface area contributed by atoms with Crippen LogP contribution < -0.4 is 10.1 Å². The second-order valence-electron chi connectivity index (χ2n) is 7.62. The zero-order chi connectivity index (χ0) is 25.0. The molecule has 4 aromatic rings. The summed E-state index contributed by atoms with van der Waals surface area (Å²) in [5.41, 5.74) is 0.366. The SMILES string of the molecule is O=C(Nc1ccc(C(F)(F)F)cc1)c1cn(Cc2cccc(F)c2)nc1OCc1cccc(F)c1. The first-order valence-electron chi connectivity index (χ1n) is 10.3. The van der Waals surface area contributed by atoms with Crippen molar-refractivity contribution in [3.63, 3.8) is 0 Å². The van der Waals surface area contributed by atoms with Gasteiger partial charge in [-0.1, -0.05) is 24.3 Å². The molecule has 0 fully saturated rings. The molecule has 5 nitrogen and oxygen atoms in total. The summed E-state index contributed by atoms with van der Waals surface area (Å²) in [6.45, 7) is 0.0386. The van der Waals surface area contributed by atoms with Crippen LogP contribution in [0.25, 0.3) is 0 Å². The number of carbonyl (C=O) groups is 1. The second-order valence-corrected chi connectivity index (χ2v) is 7.62. The zero-order valence-corrected chi connectivity index (χ0v) is 18.0. The summed E-state index contributed by atoms with van der Waals surface area (Å²) in [5.74, 6) is -1.64. The molecule has 0 aliphatic heterocycles. The number of nitrogens with one attached hydrogen (secondary N) is 1. The molecule has 10 heteroatoms. The summed E-state index contributed by atoms with van der Waals surface area (Å²) in [5, 5.41) is 6.76. The van der Waals surface area contributed by atoms with Gasteiger partial charge in [0.05, 0.1) is 12.1 Å². The van der Waals surface area contributed by atoms with Gasteiger partial charge in [0.2, 0.25) is 5.88 Å². The number of ether oxygens (including phenoxy) is 1. The molecule has 3 aromatic carbocycles. The number of anilines is 1. The number of halogens is 5. The minimum atomic E-state index is -4.50. The van der Waals surface area contributed by atoms with E-state index in [0.717, 1.165) is 24.3 Å². The molecule has 0 spiro atoms. The van der Waals surface area contributed by atoms with Crippen molar-refractivity contribution in [2.75, 3.05) is 5.32 Å². The van der Waals surface area contributed by atoms with Crippen LogP contribution >= 0.6 is 0 Å². The molecule has 35 heavy (non-hydrogen) atoms. The van der Waals surface area contributed by atoms with Gasteiger partial charge in [-0.15, -0.1) is 5.10 Å². The molecule has 0 saturated carbocycles. The molecular weight excluding hydrogens is 469 g/mol. The fourth-order valence-electron chi connectivity index (χ4n) is 3.29. The van der Waals surface area contributed by atoms with Gasteiger partial charge in [-0.2, -0.15) is 13.2 Å². The van der Waals surface area contributed by atoms with Crippen molar-refractivity contribution in [1.82, 2.24) is 9.78 Å². The van der Waals surface area contributed by atoms with E-state index in [1.165, 1.54) is 47.3 Å². The van der Waals surface area contributed by atoms with Crippen LogP contribution in [0.15, 0.2) is 79.0 Å². The van der Waals surface area contributed by atoms with Crippen LogP contribution in [0.4, 0.5) is 27.6 Å². The van der Waals surface area contributed by atoms with Crippen LogP contribution in [0.3, 0.4) is 0 Å². The van der Waals surface area contributed by atoms with Crippen molar-refractivity contribution in [3.05, 3.63) is 113 Å². The van der Waals surface area contributed by atoms with E-state index in [9.17, 15) is 26.7 Å². The fraction of sp³-hybridized carbons (Fsp3) is 0.120. The molecule has 1 amide bonds. The van der Waals surface area contributed by atoms with Gasteiger partial charge in [0.1, 0.15) is 23.8 Å². The lowest BCUT2D eigenvalue weighted by molar-refractivity contribution is -0.137. The Kier molecular flexibility index (Phi) is 6.81. The van der Waals surface area contributed by atoms with Crippen molar-refractivity contribution >= 4 is 11.6 Å². The highest BCUT2D eigenvalue weighted by Gasteiger charge is 2.30. The van der Waals surface area contributed by atoms with Gasteiger partial charge in [0.15, 0.2) is 0 Å². The highest BCUT2D eigenvalue weighted by atomic mass is 19.4. The lowest BCUT2D eigenvalue weighted by Crippen LogP contribution is -2.13. The predicted octanol–water partition coefficient (Wildman–Crippen LogP) is 6.06. The average Bonchev–Trinajstić information content (AvgIpc) is 3.20. The average molecular weight is 487 g/mol. The first-order chi connectivity index (χ1) is 16.7. The molecule has 0 aliphatic carbocycles. The Hall–Kier alpha value is -4.21. The van der Waals surface area contributed by atoms with E-state index >= 15 is 0 Å². The molecule has 1 aromatic heterocycles. The second kappa shape index (κ2) is 9.96. The minimum Gasteiger partial charge on any atom is -0.471 e. The standard InChI is InChI=1S/C25H18F5N3O2/c26-19-5-1-3-16(11-19)13-33-14-22(24(32-33)35-15-17-4-2-6-20(27)12-17)23(34)31-21-9-7-18(8-10-21)25(28,29)30/h1-12,14H,13,15H2,(H,31,34). The lowest BCUT2D eigenvalue weighted by atomic mass is 10.2. The summed E-state index contributed by atoms with van der Waals surface area (Å²) in [6.07, 6.45) is -3.12. The molecule has 4 rings (SSSR count). The van der Waals surface area contributed by atoms with E-state index < -0.39 is 29.3 Å². The third kappa shape index (κ3) is 6.23. The highest BCUT2D eigenvalue weighted by molar-refractivity contribution is 6.05. The molecular formula is C25H18F5N3O2. The number of hydrogen-bond acceptors (Lipinski definition) is 3. The molecule has 0 saturated heterocycles. The largest absolute Gasteiger partial charge is 0.471 e. The molecule has 0 bridgehead atoms. The summed E-state index contributed by atoms with van der Waals surface area (Å²) in [4.78, 5) is 12.9. The highest BCUT2D eigenvalue weighted by Crippen LogP contribution is 2.30. The number of carbonyl (C=O) groups excluding carboxylic acids is 1. The van der Waals surface area contributed by atoms with Crippen molar-refractivity contribution in [2.45, 2.75) is 19.3 Å². The molecule has 1 N–H and O–H groups in total. The van der Waals surface area contributed by atoms with Crippen molar-refractivity contribution in [2.24, 2.45) is 0 Å². The molecule has 0 radical (unpaired) electrons. The van der Waals surface area contributed by atoms with Gasteiger partial charge < -0.3 is 10.1 Å². The molecule has 0 aliphatic rings. The smallest absolute Gasteiger partial charge is 0.416 e. The number of aromatic nitrogens is 2. The normalized spacial score (nSPS) is 11.3. The Morgan fingerprint density at radius 3 is 2.17 bits per heavy atom. The van der Waals surface area contributed by atoms with Crippen LogP contribution in [0, 0.1) is 11.6 Å². The van der Waals surface area contributed by atoms with Gasteiger partial charge in [0, 0.05) is 11.9 Å². The van der Waals surface area contributed by atoms with Crippen molar-refractivity contribution < 1.29 is 31.5 Å². The minimum absolute atomic E-state index is 0.00213. The molecule has 180 valence electrons. The van der Waals surface area contributed by atoms with E-state index in [1.807, 2.05) is 0 Å². The molecule has 0 atom stereocenters. The van der Waals surface area contributed by atoms with Crippen molar-refractivity contribution in [1.29, 1.82) is 0 Å². The summed E-state index contributed by atoms with van der Waals surface area (Å²) >= 11 is 0. The number of rotatable bonds is 7. The number of alkyl halides is 3. The quantitative estimate of drug-likeness (QED) is 0.323. The number of benzene rings is 3. The van der Waals surface area contributed by atoms with E-state index in [2.05, 4.69) is 10.4 Å². The topological polar surface area (TPSA) is 56.2 Å². The lowest BCUT2D eigenvalue weighted by Gasteiger charge is -2.09. The van der Waals surface area contributed by atoms with Gasteiger partial charge in [0.25, 0.3) is 5.91 Å². The zero-order valence-electron chi connectivity index (χ0n) is 18.0. The van der Waals surface area contributed by atoms with Gasteiger partial charge >= 0.3 is 6.18 Å². The number of amides is 1. The summed E-state index contributed by atoms with van der Waals surface area (Å²) < 4.78 is 72.4. The number of hydrogen-bond donors (Lipinski definition) is 1. The third-order valence-electron chi connectivity index (χ3n) is 4.94. The van der Waals surface area contributed by atoms with Gasteiger partial charge in [-0.05, 0) is 59.7 Å². The van der Waals surface area contributed by atoms with E-state index in [1.54, 1.807) is 12.1 Å². The summed E-state index contributed by atoms with van der Waals surface area (Å²) in [6, 6.07) is 15.5.